The first-order valence-corrected chi connectivity index (χ1v) is 6.74. The van der Waals surface area contributed by atoms with Gasteiger partial charge in [-0.25, -0.2) is 4.39 Å². The number of rotatable bonds is 5. The molecule has 2 rings (SSSR count). The van der Waals surface area contributed by atoms with E-state index in [4.69, 9.17) is 0 Å². The molecule has 0 spiro atoms. The molecule has 3 nitrogen and oxygen atoms in total. The van der Waals surface area contributed by atoms with Crippen molar-refractivity contribution in [2.75, 3.05) is 11.9 Å². The lowest BCUT2D eigenvalue weighted by molar-refractivity contribution is 0.581. The van der Waals surface area contributed by atoms with E-state index in [0.29, 0.717) is 6.04 Å². The summed E-state index contributed by atoms with van der Waals surface area (Å²) >= 11 is 0. The summed E-state index contributed by atoms with van der Waals surface area (Å²) in [6.45, 7) is 4.95. The molecule has 0 radical (unpaired) electrons. The fraction of sp³-hybridized carbons (Fsp3) is 0.312. The van der Waals surface area contributed by atoms with E-state index in [1.807, 2.05) is 24.1 Å². The number of benzene rings is 1. The fourth-order valence-corrected chi connectivity index (χ4v) is 1.89. The first-order chi connectivity index (χ1) is 9.56. The van der Waals surface area contributed by atoms with E-state index in [0.717, 1.165) is 23.6 Å². The predicted molar refractivity (Wildman–Crippen MR) is 80.7 cm³/mol. The highest BCUT2D eigenvalue weighted by molar-refractivity contribution is 5.62. The Morgan fingerprint density at radius 3 is 2.50 bits per heavy atom. The van der Waals surface area contributed by atoms with Crippen molar-refractivity contribution in [1.82, 2.24) is 10.3 Å². The van der Waals surface area contributed by atoms with Crippen LogP contribution in [0.25, 0.3) is 0 Å². The van der Waals surface area contributed by atoms with E-state index in [-0.39, 0.29) is 5.82 Å². The molecule has 1 aromatic heterocycles. The minimum atomic E-state index is -0.223. The maximum atomic E-state index is 13.0. The second-order valence-electron chi connectivity index (χ2n) is 5.08. The standard InChI is InChI=1S/C16H20FN3/c1-12(2)19-11-14-10-16(8-9-18-14)20(3)15-6-4-13(17)5-7-15/h4-10,12,19H,11H2,1-3H3. The van der Waals surface area contributed by atoms with Crippen molar-refractivity contribution >= 4 is 11.4 Å². The number of hydrogen-bond acceptors (Lipinski definition) is 3. The number of anilines is 2. The zero-order chi connectivity index (χ0) is 14.5. The predicted octanol–water partition coefficient (Wildman–Crippen LogP) is 3.49. The lowest BCUT2D eigenvalue weighted by atomic mass is 10.2. The van der Waals surface area contributed by atoms with Crippen LogP contribution in [0.5, 0.6) is 0 Å². The minimum Gasteiger partial charge on any atom is -0.345 e. The van der Waals surface area contributed by atoms with Gasteiger partial charge in [-0.15, -0.1) is 0 Å². The average molecular weight is 273 g/mol. The largest absolute Gasteiger partial charge is 0.345 e. The highest BCUT2D eigenvalue weighted by atomic mass is 19.1. The molecule has 0 saturated carbocycles. The summed E-state index contributed by atoms with van der Waals surface area (Å²) in [6, 6.07) is 10.9. The van der Waals surface area contributed by atoms with Gasteiger partial charge in [0, 0.05) is 37.2 Å². The van der Waals surface area contributed by atoms with E-state index in [1.165, 1.54) is 12.1 Å². The van der Waals surface area contributed by atoms with E-state index < -0.39 is 0 Å². The molecule has 0 amide bonds. The van der Waals surface area contributed by atoms with Crippen LogP contribution < -0.4 is 10.2 Å². The Hall–Kier alpha value is -1.94. The molecule has 106 valence electrons. The zero-order valence-electron chi connectivity index (χ0n) is 12.1. The second-order valence-corrected chi connectivity index (χ2v) is 5.08. The highest BCUT2D eigenvalue weighted by Crippen LogP contribution is 2.23. The van der Waals surface area contributed by atoms with Crippen molar-refractivity contribution < 1.29 is 4.39 Å². The molecule has 0 atom stereocenters. The highest BCUT2D eigenvalue weighted by Gasteiger charge is 2.06. The normalized spacial score (nSPS) is 10.8. The molecular formula is C16H20FN3. The first kappa shape index (κ1) is 14.5. The SMILES string of the molecule is CC(C)NCc1cc(N(C)c2ccc(F)cc2)ccn1. The summed E-state index contributed by atoms with van der Waals surface area (Å²) in [4.78, 5) is 6.37. The van der Waals surface area contributed by atoms with E-state index >= 15 is 0 Å². The third-order valence-corrected chi connectivity index (χ3v) is 3.09. The number of hydrogen-bond donors (Lipinski definition) is 1. The third-order valence-electron chi connectivity index (χ3n) is 3.09. The van der Waals surface area contributed by atoms with E-state index in [2.05, 4.69) is 24.1 Å². The quantitative estimate of drug-likeness (QED) is 0.904. The van der Waals surface area contributed by atoms with Gasteiger partial charge in [0.2, 0.25) is 0 Å². The van der Waals surface area contributed by atoms with Gasteiger partial charge in [-0.3, -0.25) is 4.98 Å². The number of pyridine rings is 1. The van der Waals surface area contributed by atoms with Crippen LogP contribution >= 0.6 is 0 Å². The summed E-state index contributed by atoms with van der Waals surface area (Å²) in [5.41, 5.74) is 2.97. The van der Waals surface area contributed by atoms with Crippen LogP contribution in [0.15, 0.2) is 42.6 Å². The number of halogens is 1. The zero-order valence-corrected chi connectivity index (χ0v) is 12.1. The number of nitrogens with zero attached hydrogens (tertiary/aromatic N) is 2. The molecule has 0 unspecified atom stereocenters. The van der Waals surface area contributed by atoms with E-state index in [9.17, 15) is 4.39 Å². The lowest BCUT2D eigenvalue weighted by Gasteiger charge is -2.20. The van der Waals surface area contributed by atoms with Gasteiger partial charge in [-0.2, -0.15) is 0 Å². The van der Waals surface area contributed by atoms with Crippen molar-refractivity contribution in [1.29, 1.82) is 0 Å². The Morgan fingerprint density at radius 1 is 1.15 bits per heavy atom. The Kier molecular flexibility index (Phi) is 4.69. The topological polar surface area (TPSA) is 28.2 Å². The van der Waals surface area contributed by atoms with Gasteiger partial charge in [-0.05, 0) is 36.4 Å². The molecule has 4 heteroatoms. The van der Waals surface area contributed by atoms with Crippen molar-refractivity contribution in [3.63, 3.8) is 0 Å². The Balaban J connectivity index is 2.15. The maximum Gasteiger partial charge on any atom is 0.123 e. The average Bonchev–Trinajstić information content (AvgIpc) is 2.45. The molecule has 0 aliphatic heterocycles. The van der Waals surface area contributed by atoms with Gasteiger partial charge < -0.3 is 10.2 Å². The Bertz CT molecular complexity index is 552. The fourth-order valence-electron chi connectivity index (χ4n) is 1.89. The summed E-state index contributed by atoms with van der Waals surface area (Å²) in [5.74, 6) is -0.223. The van der Waals surface area contributed by atoms with Crippen LogP contribution in [0.1, 0.15) is 19.5 Å². The van der Waals surface area contributed by atoms with Gasteiger partial charge in [0.15, 0.2) is 0 Å². The van der Waals surface area contributed by atoms with Crippen LogP contribution in [0.3, 0.4) is 0 Å². The molecular weight excluding hydrogens is 253 g/mol. The number of nitrogens with one attached hydrogen (secondary N) is 1. The van der Waals surface area contributed by atoms with Crippen molar-refractivity contribution in [3.05, 3.63) is 54.1 Å². The molecule has 0 aliphatic carbocycles. The van der Waals surface area contributed by atoms with Crippen molar-refractivity contribution in [2.45, 2.75) is 26.4 Å². The summed E-state index contributed by atoms with van der Waals surface area (Å²) in [6.07, 6.45) is 1.80. The van der Waals surface area contributed by atoms with Crippen LogP contribution in [-0.2, 0) is 6.54 Å². The lowest BCUT2D eigenvalue weighted by Crippen LogP contribution is -2.22. The molecule has 1 heterocycles. The van der Waals surface area contributed by atoms with Crippen LogP contribution in [0, 0.1) is 5.82 Å². The second kappa shape index (κ2) is 6.48. The van der Waals surface area contributed by atoms with Gasteiger partial charge in [0.05, 0.1) is 5.69 Å². The van der Waals surface area contributed by atoms with Crippen LogP contribution in [-0.4, -0.2) is 18.1 Å². The molecule has 2 aromatic rings. The monoisotopic (exact) mass is 273 g/mol. The molecule has 1 aromatic carbocycles. The summed E-state index contributed by atoms with van der Waals surface area (Å²) in [7, 11) is 1.96. The maximum absolute atomic E-state index is 13.0. The Labute approximate surface area is 119 Å². The molecule has 0 saturated heterocycles. The molecule has 0 fully saturated rings. The third kappa shape index (κ3) is 3.78. The van der Waals surface area contributed by atoms with Crippen LogP contribution in [0.2, 0.25) is 0 Å². The Morgan fingerprint density at radius 2 is 1.85 bits per heavy atom. The first-order valence-electron chi connectivity index (χ1n) is 6.74. The van der Waals surface area contributed by atoms with Crippen LogP contribution in [0.4, 0.5) is 15.8 Å². The smallest absolute Gasteiger partial charge is 0.123 e. The van der Waals surface area contributed by atoms with Gasteiger partial charge >= 0.3 is 0 Å². The summed E-state index contributed by atoms with van der Waals surface area (Å²) < 4.78 is 13.0. The summed E-state index contributed by atoms with van der Waals surface area (Å²) in [5, 5.41) is 3.34. The molecule has 0 bridgehead atoms. The van der Waals surface area contributed by atoms with Crippen molar-refractivity contribution in [2.24, 2.45) is 0 Å². The van der Waals surface area contributed by atoms with E-state index in [1.54, 1.807) is 18.3 Å². The van der Waals surface area contributed by atoms with Gasteiger partial charge in [0.1, 0.15) is 5.82 Å². The molecule has 1 N–H and O–H groups in total. The van der Waals surface area contributed by atoms with Gasteiger partial charge in [-0.1, -0.05) is 13.8 Å². The number of aromatic nitrogens is 1. The molecule has 20 heavy (non-hydrogen) atoms. The van der Waals surface area contributed by atoms with Crippen molar-refractivity contribution in [3.8, 4) is 0 Å². The minimum absolute atomic E-state index is 0.223. The van der Waals surface area contributed by atoms with Gasteiger partial charge in [0.25, 0.3) is 0 Å². The molecule has 0 aliphatic rings.